The molecule has 1 aliphatic heterocycles. The minimum Gasteiger partial charge on any atom is -0.295 e. The maximum Gasteiger partial charge on any atom is 0.198 e. The highest BCUT2D eigenvalue weighted by Crippen LogP contribution is 2.39. The molecule has 29 heavy (non-hydrogen) atoms. The van der Waals surface area contributed by atoms with Crippen LogP contribution in [0.2, 0.25) is 5.02 Å². The summed E-state index contributed by atoms with van der Waals surface area (Å²) in [5.41, 5.74) is 4.11. The largest absolute Gasteiger partial charge is 0.295 e. The van der Waals surface area contributed by atoms with E-state index in [2.05, 4.69) is 31.2 Å². The molecule has 0 bridgehead atoms. The Morgan fingerprint density at radius 1 is 0.931 bits per heavy atom. The van der Waals surface area contributed by atoms with Crippen molar-refractivity contribution >= 4 is 34.6 Å². The molecule has 0 radical (unpaired) electrons. The summed E-state index contributed by atoms with van der Waals surface area (Å²) in [5.74, 6) is 0.330. The number of hydrogen-bond acceptors (Lipinski definition) is 4. The summed E-state index contributed by atoms with van der Waals surface area (Å²) in [6.45, 7) is 3.69. The predicted molar refractivity (Wildman–Crippen MR) is 120 cm³/mol. The summed E-state index contributed by atoms with van der Waals surface area (Å²) in [6.07, 6.45) is 0.701. The predicted octanol–water partition coefficient (Wildman–Crippen LogP) is 5.83. The van der Waals surface area contributed by atoms with Crippen LogP contribution in [0.5, 0.6) is 0 Å². The second-order valence-corrected chi connectivity index (χ2v) is 7.41. The normalized spacial score (nSPS) is 16.1. The third-order valence-corrected chi connectivity index (χ3v) is 5.29. The number of aryl methyl sites for hydroxylation is 1. The van der Waals surface area contributed by atoms with E-state index in [-0.39, 0.29) is 11.9 Å². The minimum absolute atomic E-state index is 0.0829. The Morgan fingerprint density at radius 2 is 1.59 bits per heavy atom. The number of hydrazone groups is 1. The standard InChI is InChI=1S/C24H22ClN3O/c1-3-18-9-11-19(12-10-18)24-27(21-7-5-4-6-8-21)23(17(2)29)26-28(24)22-15-13-20(25)14-16-22/h4-16,24H,3H2,1-2H3. The molecule has 0 fully saturated rings. The van der Waals surface area contributed by atoms with Crippen LogP contribution >= 0.6 is 11.6 Å². The fourth-order valence-electron chi connectivity index (χ4n) is 3.53. The van der Waals surface area contributed by atoms with Gasteiger partial charge in [-0.2, -0.15) is 0 Å². The molecule has 5 heteroatoms. The van der Waals surface area contributed by atoms with Crippen LogP contribution in [-0.2, 0) is 11.2 Å². The van der Waals surface area contributed by atoms with E-state index < -0.39 is 0 Å². The molecule has 0 N–H and O–H groups in total. The second kappa shape index (κ2) is 8.10. The van der Waals surface area contributed by atoms with E-state index in [1.54, 1.807) is 6.92 Å². The first kappa shape index (κ1) is 19.2. The number of rotatable bonds is 5. The van der Waals surface area contributed by atoms with Gasteiger partial charge in [-0.3, -0.25) is 9.69 Å². The first-order chi connectivity index (χ1) is 14.1. The second-order valence-electron chi connectivity index (χ2n) is 6.98. The maximum absolute atomic E-state index is 12.5. The number of hydrogen-bond donors (Lipinski definition) is 0. The van der Waals surface area contributed by atoms with E-state index in [1.807, 2.05) is 64.5 Å². The Bertz CT molecular complexity index is 1030. The van der Waals surface area contributed by atoms with Gasteiger partial charge in [-0.25, -0.2) is 5.01 Å². The monoisotopic (exact) mass is 403 g/mol. The molecule has 146 valence electrons. The Balaban J connectivity index is 1.87. The van der Waals surface area contributed by atoms with Crippen molar-refractivity contribution in [3.8, 4) is 0 Å². The van der Waals surface area contributed by atoms with Gasteiger partial charge in [-0.1, -0.05) is 61.0 Å². The number of para-hydroxylation sites is 1. The number of ketones is 1. The van der Waals surface area contributed by atoms with Gasteiger partial charge in [0.25, 0.3) is 0 Å². The lowest BCUT2D eigenvalue weighted by Crippen LogP contribution is -2.37. The van der Waals surface area contributed by atoms with Gasteiger partial charge in [0.2, 0.25) is 0 Å². The third-order valence-electron chi connectivity index (χ3n) is 5.03. The molecule has 4 nitrogen and oxygen atoms in total. The van der Waals surface area contributed by atoms with Crippen molar-refractivity contribution in [1.82, 2.24) is 0 Å². The van der Waals surface area contributed by atoms with Gasteiger partial charge in [0.15, 0.2) is 17.8 Å². The molecule has 3 aromatic carbocycles. The van der Waals surface area contributed by atoms with Crippen LogP contribution in [-0.4, -0.2) is 11.6 Å². The molecular weight excluding hydrogens is 382 g/mol. The molecule has 0 saturated carbocycles. The number of benzene rings is 3. The number of amidine groups is 1. The lowest BCUT2D eigenvalue weighted by molar-refractivity contribution is -0.111. The van der Waals surface area contributed by atoms with Gasteiger partial charge >= 0.3 is 0 Å². The average Bonchev–Trinajstić information content (AvgIpc) is 3.16. The van der Waals surface area contributed by atoms with Crippen LogP contribution in [0, 0.1) is 0 Å². The molecular formula is C24H22ClN3O. The topological polar surface area (TPSA) is 35.9 Å². The fourth-order valence-corrected chi connectivity index (χ4v) is 3.66. The van der Waals surface area contributed by atoms with Gasteiger partial charge in [0.1, 0.15) is 0 Å². The number of Topliss-reactive ketones (excluding diaryl/α,β-unsaturated/α-hetero) is 1. The minimum atomic E-state index is -0.275. The average molecular weight is 404 g/mol. The first-order valence-electron chi connectivity index (χ1n) is 9.66. The quantitative estimate of drug-likeness (QED) is 0.537. The van der Waals surface area contributed by atoms with Gasteiger partial charge < -0.3 is 0 Å². The summed E-state index contributed by atoms with van der Waals surface area (Å²) >= 11 is 6.09. The van der Waals surface area contributed by atoms with E-state index in [4.69, 9.17) is 16.7 Å². The molecule has 1 heterocycles. The van der Waals surface area contributed by atoms with Crippen molar-refractivity contribution in [2.24, 2.45) is 5.10 Å². The third kappa shape index (κ3) is 3.76. The summed E-state index contributed by atoms with van der Waals surface area (Å²) < 4.78 is 0. The van der Waals surface area contributed by atoms with Gasteiger partial charge in [0, 0.05) is 17.6 Å². The summed E-state index contributed by atoms with van der Waals surface area (Å²) in [7, 11) is 0. The van der Waals surface area contributed by atoms with Gasteiger partial charge in [0.05, 0.1) is 5.69 Å². The smallest absolute Gasteiger partial charge is 0.198 e. The van der Waals surface area contributed by atoms with Crippen molar-refractivity contribution < 1.29 is 4.79 Å². The van der Waals surface area contributed by atoms with Gasteiger partial charge in [-0.05, 0) is 53.9 Å². The first-order valence-corrected chi connectivity index (χ1v) is 10.0. The van der Waals surface area contributed by atoms with Crippen LogP contribution in [0.1, 0.15) is 31.1 Å². The molecule has 0 saturated heterocycles. The number of halogens is 1. The van der Waals surface area contributed by atoms with Crippen LogP contribution in [0.4, 0.5) is 11.4 Å². The van der Waals surface area contributed by atoms with Crippen LogP contribution in [0.25, 0.3) is 0 Å². The Kier molecular flexibility index (Phi) is 5.36. The molecule has 1 unspecified atom stereocenters. The van der Waals surface area contributed by atoms with Crippen molar-refractivity contribution in [3.05, 3.63) is 95.0 Å². The van der Waals surface area contributed by atoms with E-state index >= 15 is 0 Å². The number of carbonyl (C=O) groups excluding carboxylic acids is 1. The van der Waals surface area contributed by atoms with E-state index in [9.17, 15) is 4.79 Å². The van der Waals surface area contributed by atoms with Crippen molar-refractivity contribution in [2.45, 2.75) is 26.4 Å². The van der Waals surface area contributed by atoms with Crippen molar-refractivity contribution in [1.29, 1.82) is 0 Å². The zero-order chi connectivity index (χ0) is 20.4. The molecule has 1 atom stereocenters. The fraction of sp³-hybridized carbons (Fsp3) is 0.167. The zero-order valence-electron chi connectivity index (χ0n) is 16.4. The Hall–Kier alpha value is -3.11. The SMILES string of the molecule is CCc1ccc(C2N(c3ccc(Cl)cc3)N=C(C(C)=O)N2c2ccccc2)cc1. The van der Waals surface area contributed by atoms with E-state index in [0.717, 1.165) is 23.4 Å². The molecule has 0 aliphatic carbocycles. The lowest BCUT2D eigenvalue weighted by atomic mass is 10.1. The lowest BCUT2D eigenvalue weighted by Gasteiger charge is -2.32. The highest BCUT2D eigenvalue weighted by Gasteiger charge is 2.39. The summed E-state index contributed by atoms with van der Waals surface area (Å²) in [6, 6.07) is 25.9. The van der Waals surface area contributed by atoms with Crippen molar-refractivity contribution in [3.63, 3.8) is 0 Å². The highest BCUT2D eigenvalue weighted by molar-refractivity contribution is 6.44. The summed E-state index contributed by atoms with van der Waals surface area (Å²) in [5, 5.41) is 7.28. The van der Waals surface area contributed by atoms with E-state index in [0.29, 0.717) is 10.9 Å². The maximum atomic E-state index is 12.5. The van der Waals surface area contributed by atoms with E-state index in [1.165, 1.54) is 5.56 Å². The summed E-state index contributed by atoms with van der Waals surface area (Å²) in [4.78, 5) is 14.5. The Labute approximate surface area is 176 Å². The molecule has 4 rings (SSSR count). The zero-order valence-corrected chi connectivity index (χ0v) is 17.2. The number of nitrogens with zero attached hydrogens (tertiary/aromatic N) is 3. The molecule has 1 aliphatic rings. The molecule has 0 spiro atoms. The molecule has 0 amide bonds. The van der Waals surface area contributed by atoms with Gasteiger partial charge in [-0.15, -0.1) is 5.10 Å². The molecule has 0 aromatic heterocycles. The number of carbonyl (C=O) groups is 1. The molecule has 3 aromatic rings. The van der Waals surface area contributed by atoms with Crippen LogP contribution in [0.3, 0.4) is 0 Å². The number of anilines is 2. The van der Waals surface area contributed by atoms with Crippen molar-refractivity contribution in [2.75, 3.05) is 9.91 Å². The highest BCUT2D eigenvalue weighted by atomic mass is 35.5. The van der Waals surface area contributed by atoms with Crippen LogP contribution in [0.15, 0.2) is 84.0 Å². The Morgan fingerprint density at radius 3 is 2.17 bits per heavy atom. The van der Waals surface area contributed by atoms with Crippen LogP contribution < -0.4 is 9.91 Å².